The summed E-state index contributed by atoms with van der Waals surface area (Å²) in [6, 6.07) is 15.2. The van der Waals surface area contributed by atoms with Crippen LogP contribution in [-0.4, -0.2) is 19.8 Å². The van der Waals surface area contributed by atoms with Gasteiger partial charge in [-0.3, -0.25) is 0 Å². The lowest BCUT2D eigenvalue weighted by atomic mass is 10.0. The smallest absolute Gasteiger partial charge is 0.161 e. The maximum absolute atomic E-state index is 5.64. The Hall–Kier alpha value is -2.00. The summed E-state index contributed by atoms with van der Waals surface area (Å²) in [4.78, 5) is 0. The minimum atomic E-state index is 0.379. The number of ether oxygens (including phenoxy) is 2. The molecule has 0 bridgehead atoms. The van der Waals surface area contributed by atoms with Gasteiger partial charge in [-0.05, 0) is 42.3 Å². The van der Waals surface area contributed by atoms with E-state index in [2.05, 4.69) is 55.6 Å². The molecular weight excluding hydrogens is 262 g/mol. The quantitative estimate of drug-likeness (QED) is 0.926. The first-order valence-electron chi connectivity index (χ1n) is 7.51. The van der Waals surface area contributed by atoms with E-state index >= 15 is 0 Å². The van der Waals surface area contributed by atoms with Crippen molar-refractivity contribution in [2.45, 2.75) is 19.9 Å². The third-order valence-electron chi connectivity index (χ3n) is 3.80. The number of benzene rings is 2. The Kier molecular flexibility index (Phi) is 4.11. The van der Waals surface area contributed by atoms with Crippen LogP contribution >= 0.6 is 0 Å². The highest BCUT2D eigenvalue weighted by atomic mass is 16.6. The van der Waals surface area contributed by atoms with Gasteiger partial charge in [0.2, 0.25) is 0 Å². The fourth-order valence-corrected chi connectivity index (χ4v) is 2.61. The predicted octanol–water partition coefficient (Wildman–Crippen LogP) is 3.80. The average Bonchev–Trinajstić information content (AvgIpc) is 2.55. The lowest BCUT2D eigenvalue weighted by Crippen LogP contribution is -2.17. The number of rotatable bonds is 4. The van der Waals surface area contributed by atoms with Crippen LogP contribution in [0, 0.1) is 0 Å². The maximum atomic E-state index is 5.64. The first-order chi connectivity index (χ1) is 10.3. The monoisotopic (exact) mass is 283 g/mol. The molecule has 2 aromatic rings. The van der Waals surface area contributed by atoms with Gasteiger partial charge < -0.3 is 14.8 Å². The second-order valence-corrected chi connectivity index (χ2v) is 5.26. The molecule has 110 valence electrons. The van der Waals surface area contributed by atoms with Crippen LogP contribution in [0.3, 0.4) is 0 Å². The van der Waals surface area contributed by atoms with Crippen molar-refractivity contribution < 1.29 is 9.47 Å². The van der Waals surface area contributed by atoms with Crippen LogP contribution in [0.2, 0.25) is 0 Å². The van der Waals surface area contributed by atoms with Gasteiger partial charge in [0.05, 0.1) is 0 Å². The van der Waals surface area contributed by atoms with Gasteiger partial charge in [0.1, 0.15) is 13.2 Å². The Morgan fingerprint density at radius 3 is 2.33 bits per heavy atom. The topological polar surface area (TPSA) is 30.5 Å². The van der Waals surface area contributed by atoms with Crippen molar-refractivity contribution >= 4 is 0 Å². The maximum Gasteiger partial charge on any atom is 0.161 e. The molecule has 3 heteroatoms. The average molecular weight is 283 g/mol. The van der Waals surface area contributed by atoms with Gasteiger partial charge in [0.25, 0.3) is 0 Å². The van der Waals surface area contributed by atoms with E-state index in [-0.39, 0.29) is 0 Å². The van der Waals surface area contributed by atoms with E-state index in [0.717, 1.165) is 23.6 Å². The van der Waals surface area contributed by atoms with Crippen LogP contribution in [0.25, 0.3) is 11.1 Å². The highest BCUT2D eigenvalue weighted by molar-refractivity contribution is 5.67. The molecule has 1 N–H and O–H groups in total. The summed E-state index contributed by atoms with van der Waals surface area (Å²) in [7, 11) is 0. The molecule has 1 unspecified atom stereocenters. The molecule has 0 aliphatic carbocycles. The fraction of sp³-hybridized carbons (Fsp3) is 0.333. The van der Waals surface area contributed by atoms with Gasteiger partial charge in [-0.25, -0.2) is 0 Å². The van der Waals surface area contributed by atoms with E-state index in [1.807, 2.05) is 6.07 Å². The summed E-state index contributed by atoms with van der Waals surface area (Å²) in [5.74, 6) is 1.67. The van der Waals surface area contributed by atoms with Crippen LogP contribution in [0.5, 0.6) is 11.5 Å². The van der Waals surface area contributed by atoms with E-state index in [1.54, 1.807) is 0 Å². The van der Waals surface area contributed by atoms with Crippen LogP contribution in [0.1, 0.15) is 25.5 Å². The van der Waals surface area contributed by atoms with E-state index in [0.29, 0.717) is 19.3 Å². The normalized spacial score (nSPS) is 14.8. The Labute approximate surface area is 125 Å². The zero-order valence-electron chi connectivity index (χ0n) is 12.6. The molecule has 1 atom stereocenters. The molecule has 1 aliphatic heterocycles. The third-order valence-corrected chi connectivity index (χ3v) is 3.80. The molecule has 0 radical (unpaired) electrons. The molecule has 0 spiro atoms. The van der Waals surface area contributed by atoms with Gasteiger partial charge in [0, 0.05) is 6.04 Å². The lowest BCUT2D eigenvalue weighted by molar-refractivity contribution is 0.171. The van der Waals surface area contributed by atoms with E-state index in [9.17, 15) is 0 Å². The SMILES string of the molecule is CCNC(C)c1ccc(-c2ccc3c(c2)OCCO3)cc1. The highest BCUT2D eigenvalue weighted by Gasteiger charge is 2.12. The van der Waals surface area contributed by atoms with Crippen LogP contribution in [-0.2, 0) is 0 Å². The molecule has 3 nitrogen and oxygen atoms in total. The molecule has 1 aliphatic rings. The number of nitrogens with one attached hydrogen (secondary N) is 1. The second kappa shape index (κ2) is 6.19. The van der Waals surface area contributed by atoms with E-state index in [1.165, 1.54) is 11.1 Å². The second-order valence-electron chi connectivity index (χ2n) is 5.26. The molecule has 3 rings (SSSR count). The lowest BCUT2D eigenvalue weighted by Gasteiger charge is -2.19. The number of fused-ring (bicyclic) bond motifs is 1. The van der Waals surface area contributed by atoms with Crippen molar-refractivity contribution in [3.63, 3.8) is 0 Å². The molecule has 0 saturated carbocycles. The predicted molar refractivity (Wildman–Crippen MR) is 85.0 cm³/mol. The van der Waals surface area contributed by atoms with Gasteiger partial charge in [-0.2, -0.15) is 0 Å². The molecule has 2 aromatic carbocycles. The fourth-order valence-electron chi connectivity index (χ4n) is 2.61. The van der Waals surface area contributed by atoms with Crippen molar-refractivity contribution in [1.29, 1.82) is 0 Å². The summed E-state index contributed by atoms with van der Waals surface area (Å²) in [6.45, 7) is 6.53. The summed E-state index contributed by atoms with van der Waals surface area (Å²) in [6.07, 6.45) is 0. The van der Waals surface area contributed by atoms with Gasteiger partial charge in [-0.1, -0.05) is 37.3 Å². The van der Waals surface area contributed by atoms with Crippen molar-refractivity contribution in [1.82, 2.24) is 5.32 Å². The van der Waals surface area contributed by atoms with Crippen molar-refractivity contribution in [2.75, 3.05) is 19.8 Å². The summed E-state index contributed by atoms with van der Waals surface area (Å²) < 4.78 is 11.2. The Morgan fingerprint density at radius 2 is 1.62 bits per heavy atom. The first kappa shape index (κ1) is 14.0. The summed E-state index contributed by atoms with van der Waals surface area (Å²) in [5.41, 5.74) is 3.65. The first-order valence-corrected chi connectivity index (χ1v) is 7.51. The largest absolute Gasteiger partial charge is 0.486 e. The number of hydrogen-bond donors (Lipinski definition) is 1. The molecule has 1 heterocycles. The minimum absolute atomic E-state index is 0.379. The zero-order chi connectivity index (χ0) is 14.7. The Morgan fingerprint density at radius 1 is 0.952 bits per heavy atom. The van der Waals surface area contributed by atoms with Crippen molar-refractivity contribution in [2.24, 2.45) is 0 Å². The standard InChI is InChI=1S/C18H21NO2/c1-3-19-13(2)14-4-6-15(7-5-14)16-8-9-17-18(12-16)21-11-10-20-17/h4-9,12-13,19H,3,10-11H2,1-2H3. The number of hydrogen-bond acceptors (Lipinski definition) is 3. The molecular formula is C18H21NO2. The molecule has 0 amide bonds. The third kappa shape index (κ3) is 3.03. The van der Waals surface area contributed by atoms with Crippen molar-refractivity contribution in [3.05, 3.63) is 48.0 Å². The summed E-state index contributed by atoms with van der Waals surface area (Å²) in [5, 5.41) is 3.43. The van der Waals surface area contributed by atoms with Crippen LogP contribution in [0.4, 0.5) is 0 Å². The Bertz CT molecular complexity index is 607. The molecule has 21 heavy (non-hydrogen) atoms. The van der Waals surface area contributed by atoms with Gasteiger partial charge >= 0.3 is 0 Å². The summed E-state index contributed by atoms with van der Waals surface area (Å²) >= 11 is 0. The van der Waals surface area contributed by atoms with Gasteiger partial charge in [-0.15, -0.1) is 0 Å². The zero-order valence-corrected chi connectivity index (χ0v) is 12.6. The van der Waals surface area contributed by atoms with Crippen LogP contribution < -0.4 is 14.8 Å². The van der Waals surface area contributed by atoms with E-state index < -0.39 is 0 Å². The van der Waals surface area contributed by atoms with Crippen LogP contribution in [0.15, 0.2) is 42.5 Å². The molecule has 0 aromatic heterocycles. The molecule has 0 fully saturated rings. The highest BCUT2D eigenvalue weighted by Crippen LogP contribution is 2.34. The van der Waals surface area contributed by atoms with Crippen molar-refractivity contribution in [3.8, 4) is 22.6 Å². The Balaban J connectivity index is 1.83. The minimum Gasteiger partial charge on any atom is -0.486 e. The van der Waals surface area contributed by atoms with Gasteiger partial charge in [0.15, 0.2) is 11.5 Å². The molecule has 0 saturated heterocycles. The van der Waals surface area contributed by atoms with E-state index in [4.69, 9.17) is 9.47 Å².